The van der Waals surface area contributed by atoms with Crippen molar-refractivity contribution in [3.8, 4) is 0 Å². The molecule has 126 valence electrons. The van der Waals surface area contributed by atoms with E-state index in [9.17, 15) is 8.42 Å². The van der Waals surface area contributed by atoms with Crippen LogP contribution >= 0.6 is 0 Å². The van der Waals surface area contributed by atoms with E-state index in [1.807, 2.05) is 10.6 Å². The summed E-state index contributed by atoms with van der Waals surface area (Å²) in [5.41, 5.74) is 2.32. The number of piperazine rings is 1. The lowest BCUT2D eigenvalue weighted by Crippen LogP contribution is -2.45. The van der Waals surface area contributed by atoms with Crippen LogP contribution in [0, 0.1) is 0 Å². The number of benzene rings is 1. The van der Waals surface area contributed by atoms with Crippen LogP contribution in [-0.4, -0.2) is 67.2 Å². The van der Waals surface area contributed by atoms with Gasteiger partial charge in [0.15, 0.2) is 21.3 Å². The average molecular weight is 345 g/mol. The van der Waals surface area contributed by atoms with Crippen LogP contribution in [0.25, 0.3) is 16.7 Å². The highest BCUT2D eigenvalue weighted by Gasteiger charge is 2.20. The van der Waals surface area contributed by atoms with Crippen LogP contribution < -0.4 is 4.90 Å². The Morgan fingerprint density at radius 3 is 2.58 bits per heavy atom. The maximum atomic E-state index is 11.8. The van der Waals surface area contributed by atoms with E-state index in [-0.39, 0.29) is 4.90 Å². The number of rotatable bonds is 2. The lowest BCUT2D eigenvalue weighted by Gasteiger charge is -2.33. The third kappa shape index (κ3) is 2.51. The van der Waals surface area contributed by atoms with Gasteiger partial charge in [-0.1, -0.05) is 0 Å². The summed E-state index contributed by atoms with van der Waals surface area (Å²) in [5, 5.41) is 0. The van der Waals surface area contributed by atoms with Gasteiger partial charge in [0.1, 0.15) is 0 Å². The summed E-state index contributed by atoms with van der Waals surface area (Å²) in [5.74, 6) is 0.811. The Morgan fingerprint density at radius 1 is 1.12 bits per heavy atom. The van der Waals surface area contributed by atoms with Crippen LogP contribution in [0.2, 0.25) is 0 Å². The first-order valence-corrected chi connectivity index (χ1v) is 9.73. The molecule has 1 aliphatic heterocycles. The van der Waals surface area contributed by atoms with Gasteiger partial charge < -0.3 is 9.80 Å². The number of sulfone groups is 1. The molecular weight excluding hydrogens is 326 g/mol. The minimum absolute atomic E-state index is 0.284. The second-order valence-electron chi connectivity index (χ2n) is 6.27. The quantitative estimate of drug-likeness (QED) is 0.691. The Balaban J connectivity index is 1.93. The lowest BCUT2D eigenvalue weighted by molar-refractivity contribution is 0.312. The number of nitrogens with zero attached hydrogens (tertiary/aromatic N) is 5. The van der Waals surface area contributed by atoms with E-state index in [1.54, 1.807) is 24.4 Å². The molecule has 1 aliphatic rings. The summed E-state index contributed by atoms with van der Waals surface area (Å²) in [6.45, 7) is 3.69. The predicted molar refractivity (Wildman–Crippen MR) is 93.3 cm³/mol. The molecule has 1 saturated heterocycles. The van der Waals surface area contributed by atoms with Gasteiger partial charge in [-0.2, -0.15) is 0 Å². The van der Waals surface area contributed by atoms with Crippen molar-refractivity contribution in [1.82, 2.24) is 19.3 Å². The Morgan fingerprint density at radius 2 is 1.88 bits per heavy atom. The number of aromatic nitrogens is 3. The van der Waals surface area contributed by atoms with Gasteiger partial charge in [0.05, 0.1) is 15.9 Å². The SMILES string of the molecule is CN1CCN(c2nc3cc(S(C)(=O)=O)ccc3n3ccnc23)CC1. The van der Waals surface area contributed by atoms with Gasteiger partial charge in [-0.3, -0.25) is 4.40 Å². The average Bonchev–Trinajstić information content (AvgIpc) is 3.03. The molecule has 2 aromatic heterocycles. The van der Waals surface area contributed by atoms with Gasteiger partial charge >= 0.3 is 0 Å². The molecule has 0 bridgehead atoms. The van der Waals surface area contributed by atoms with Crippen molar-refractivity contribution >= 4 is 32.3 Å². The Kier molecular flexibility index (Phi) is 3.47. The summed E-state index contributed by atoms with van der Waals surface area (Å²) in [4.78, 5) is 14.0. The van der Waals surface area contributed by atoms with Crippen molar-refractivity contribution in [2.75, 3.05) is 44.4 Å². The van der Waals surface area contributed by atoms with Gasteiger partial charge in [-0.05, 0) is 25.2 Å². The number of hydrogen-bond donors (Lipinski definition) is 0. The molecule has 4 rings (SSSR count). The van der Waals surface area contributed by atoms with E-state index in [2.05, 4.69) is 21.8 Å². The first-order valence-electron chi connectivity index (χ1n) is 7.84. The van der Waals surface area contributed by atoms with Crippen molar-refractivity contribution in [3.63, 3.8) is 0 Å². The molecule has 8 heteroatoms. The topological polar surface area (TPSA) is 70.8 Å². The van der Waals surface area contributed by atoms with Crippen molar-refractivity contribution in [3.05, 3.63) is 30.6 Å². The fraction of sp³-hybridized carbons (Fsp3) is 0.375. The van der Waals surface area contributed by atoms with E-state index >= 15 is 0 Å². The molecule has 7 nitrogen and oxygen atoms in total. The van der Waals surface area contributed by atoms with E-state index in [0.717, 1.165) is 43.2 Å². The van der Waals surface area contributed by atoms with Crippen LogP contribution in [-0.2, 0) is 9.84 Å². The molecule has 0 aliphatic carbocycles. The third-order valence-electron chi connectivity index (χ3n) is 4.50. The Hall–Kier alpha value is -2.19. The monoisotopic (exact) mass is 345 g/mol. The summed E-state index contributed by atoms with van der Waals surface area (Å²) >= 11 is 0. The summed E-state index contributed by atoms with van der Waals surface area (Å²) in [7, 11) is -1.16. The van der Waals surface area contributed by atoms with E-state index in [0.29, 0.717) is 5.52 Å². The zero-order valence-electron chi connectivity index (χ0n) is 13.7. The summed E-state index contributed by atoms with van der Waals surface area (Å²) < 4.78 is 25.7. The molecule has 0 amide bonds. The van der Waals surface area contributed by atoms with Crippen LogP contribution in [0.3, 0.4) is 0 Å². The van der Waals surface area contributed by atoms with Gasteiger partial charge in [0.2, 0.25) is 0 Å². The highest BCUT2D eigenvalue weighted by atomic mass is 32.2. The number of likely N-dealkylation sites (N-methyl/N-ethyl adjacent to an activating group) is 1. The molecular formula is C16H19N5O2S. The first kappa shape index (κ1) is 15.3. The molecule has 1 fully saturated rings. The van der Waals surface area contributed by atoms with Gasteiger partial charge in [0, 0.05) is 44.8 Å². The fourth-order valence-corrected chi connectivity index (χ4v) is 3.73. The van der Waals surface area contributed by atoms with Gasteiger partial charge in [-0.25, -0.2) is 18.4 Å². The van der Waals surface area contributed by atoms with E-state index in [4.69, 9.17) is 4.98 Å². The maximum absolute atomic E-state index is 11.8. The lowest BCUT2D eigenvalue weighted by atomic mass is 10.3. The standard InChI is InChI=1S/C16H19N5O2S/c1-19-7-9-20(10-8-19)16-15-17-5-6-21(15)14-4-3-12(24(2,22)23)11-13(14)18-16/h3-6,11H,7-10H2,1-2H3. The zero-order chi connectivity index (χ0) is 16.9. The second kappa shape index (κ2) is 5.42. The predicted octanol–water partition coefficient (Wildman–Crippen LogP) is 1.04. The normalized spacial score (nSPS) is 17.0. The molecule has 0 N–H and O–H groups in total. The molecule has 3 heterocycles. The molecule has 0 atom stereocenters. The molecule has 24 heavy (non-hydrogen) atoms. The van der Waals surface area contributed by atoms with Crippen molar-refractivity contribution in [2.24, 2.45) is 0 Å². The van der Waals surface area contributed by atoms with Crippen molar-refractivity contribution in [2.45, 2.75) is 4.90 Å². The third-order valence-corrected chi connectivity index (χ3v) is 5.61. The molecule has 1 aromatic carbocycles. The van der Waals surface area contributed by atoms with E-state index < -0.39 is 9.84 Å². The number of hydrogen-bond acceptors (Lipinski definition) is 6. The number of imidazole rings is 1. The molecule has 0 saturated carbocycles. The Bertz CT molecular complexity index is 1020. The molecule has 0 spiro atoms. The van der Waals surface area contributed by atoms with Crippen molar-refractivity contribution < 1.29 is 8.42 Å². The van der Waals surface area contributed by atoms with Gasteiger partial charge in [0.25, 0.3) is 0 Å². The van der Waals surface area contributed by atoms with Crippen LogP contribution in [0.15, 0.2) is 35.5 Å². The fourth-order valence-electron chi connectivity index (χ4n) is 3.08. The van der Waals surface area contributed by atoms with Crippen LogP contribution in [0.5, 0.6) is 0 Å². The minimum Gasteiger partial charge on any atom is -0.351 e. The van der Waals surface area contributed by atoms with Crippen molar-refractivity contribution in [1.29, 1.82) is 0 Å². The molecule has 3 aromatic rings. The number of anilines is 1. The Labute approximate surface area is 140 Å². The summed E-state index contributed by atoms with van der Waals surface area (Å²) in [6.07, 6.45) is 4.85. The highest BCUT2D eigenvalue weighted by molar-refractivity contribution is 7.90. The molecule has 0 unspecified atom stereocenters. The van der Waals surface area contributed by atoms with Crippen LogP contribution in [0.4, 0.5) is 5.82 Å². The second-order valence-corrected chi connectivity index (χ2v) is 8.29. The number of fused-ring (bicyclic) bond motifs is 3. The van der Waals surface area contributed by atoms with E-state index in [1.165, 1.54) is 6.26 Å². The smallest absolute Gasteiger partial charge is 0.180 e. The first-order chi connectivity index (χ1) is 11.4. The summed E-state index contributed by atoms with van der Waals surface area (Å²) in [6, 6.07) is 5.05. The molecule has 0 radical (unpaired) electrons. The maximum Gasteiger partial charge on any atom is 0.180 e. The largest absolute Gasteiger partial charge is 0.351 e. The minimum atomic E-state index is -3.26. The van der Waals surface area contributed by atoms with Crippen LogP contribution in [0.1, 0.15) is 0 Å². The zero-order valence-corrected chi connectivity index (χ0v) is 14.5. The highest BCUT2D eigenvalue weighted by Crippen LogP contribution is 2.26. The van der Waals surface area contributed by atoms with Gasteiger partial charge in [-0.15, -0.1) is 0 Å².